The third kappa shape index (κ3) is 2.69. The normalized spacial score (nSPS) is 31.9. The highest BCUT2D eigenvalue weighted by molar-refractivity contribution is 7.07. The fourth-order valence-electron chi connectivity index (χ4n) is 3.90. The first-order valence-corrected chi connectivity index (χ1v) is 8.31. The van der Waals surface area contributed by atoms with Gasteiger partial charge in [-0.1, -0.05) is 25.7 Å². The number of ketones is 1. The predicted molar refractivity (Wildman–Crippen MR) is 75.8 cm³/mol. The van der Waals surface area contributed by atoms with E-state index in [0.717, 1.165) is 18.3 Å². The summed E-state index contributed by atoms with van der Waals surface area (Å²) in [5, 5.41) is 4.19. The molecule has 2 aliphatic carbocycles. The summed E-state index contributed by atoms with van der Waals surface area (Å²) in [7, 11) is 0. The Morgan fingerprint density at radius 1 is 1.17 bits per heavy atom. The minimum atomic E-state index is 0.365. The summed E-state index contributed by atoms with van der Waals surface area (Å²) in [5.41, 5.74) is 1.22. The molecule has 2 heteroatoms. The zero-order chi connectivity index (χ0) is 12.4. The molecule has 0 saturated heterocycles. The second-order valence-electron chi connectivity index (χ2n) is 6.09. The number of thiophene rings is 1. The van der Waals surface area contributed by atoms with E-state index in [2.05, 4.69) is 16.8 Å². The van der Waals surface area contributed by atoms with Crippen LogP contribution in [0.25, 0.3) is 0 Å². The zero-order valence-electron chi connectivity index (χ0n) is 10.9. The third-order valence-electron chi connectivity index (χ3n) is 4.95. The smallest absolute Gasteiger partial charge is 0.140 e. The number of hydrogen-bond donors (Lipinski definition) is 0. The van der Waals surface area contributed by atoms with Gasteiger partial charge in [0.15, 0.2) is 0 Å². The Hall–Kier alpha value is -0.630. The van der Waals surface area contributed by atoms with Crippen LogP contribution in [0.4, 0.5) is 0 Å². The number of hydrogen-bond acceptors (Lipinski definition) is 2. The molecular formula is C16H22OS. The van der Waals surface area contributed by atoms with Crippen molar-refractivity contribution in [2.75, 3.05) is 0 Å². The zero-order valence-corrected chi connectivity index (χ0v) is 11.8. The van der Waals surface area contributed by atoms with Crippen molar-refractivity contribution in [3.63, 3.8) is 0 Å². The molecule has 2 fully saturated rings. The first-order valence-electron chi connectivity index (χ1n) is 7.36. The van der Waals surface area contributed by atoms with E-state index >= 15 is 0 Å². The maximum Gasteiger partial charge on any atom is 0.140 e. The molecule has 2 saturated carbocycles. The molecule has 1 aromatic heterocycles. The number of carbonyl (C=O) groups is 1. The highest BCUT2D eigenvalue weighted by atomic mass is 32.1. The Morgan fingerprint density at radius 3 is 2.78 bits per heavy atom. The van der Waals surface area contributed by atoms with Crippen molar-refractivity contribution in [1.29, 1.82) is 0 Å². The summed E-state index contributed by atoms with van der Waals surface area (Å²) in [6, 6.07) is 2.09. The predicted octanol–water partition coefficient (Wildman–Crippen LogP) is 4.47. The summed E-state index contributed by atoms with van der Waals surface area (Å²) < 4.78 is 0. The van der Waals surface area contributed by atoms with Crippen molar-refractivity contribution in [2.45, 2.75) is 51.4 Å². The van der Waals surface area contributed by atoms with Gasteiger partial charge in [0.05, 0.1) is 0 Å². The van der Waals surface area contributed by atoms with Gasteiger partial charge in [-0.3, -0.25) is 4.79 Å². The van der Waals surface area contributed by atoms with Crippen molar-refractivity contribution in [2.24, 2.45) is 17.8 Å². The monoisotopic (exact) mass is 262 g/mol. The molecule has 3 unspecified atom stereocenters. The number of carbonyl (C=O) groups excluding carboxylic acids is 1. The molecule has 0 aliphatic heterocycles. The van der Waals surface area contributed by atoms with Gasteiger partial charge in [0.1, 0.15) is 5.78 Å². The van der Waals surface area contributed by atoms with E-state index in [1.807, 2.05) is 0 Å². The lowest BCUT2D eigenvalue weighted by molar-refractivity contribution is -0.124. The molecule has 1 aromatic rings. The van der Waals surface area contributed by atoms with E-state index < -0.39 is 0 Å². The molecule has 0 N–H and O–H groups in total. The van der Waals surface area contributed by atoms with Crippen molar-refractivity contribution < 1.29 is 4.79 Å². The molecule has 2 aliphatic rings. The Labute approximate surface area is 114 Å². The molecule has 3 rings (SSSR count). The van der Waals surface area contributed by atoms with E-state index in [1.165, 1.54) is 44.1 Å². The van der Waals surface area contributed by atoms with Gasteiger partial charge < -0.3 is 0 Å². The third-order valence-corrected chi connectivity index (χ3v) is 5.69. The molecule has 1 heterocycles. The number of rotatable bonds is 3. The topological polar surface area (TPSA) is 17.1 Å². The van der Waals surface area contributed by atoms with Gasteiger partial charge in [0, 0.05) is 12.3 Å². The highest BCUT2D eigenvalue weighted by Crippen LogP contribution is 2.43. The minimum Gasteiger partial charge on any atom is -0.299 e. The van der Waals surface area contributed by atoms with Crippen LogP contribution in [0.3, 0.4) is 0 Å². The van der Waals surface area contributed by atoms with E-state index in [1.54, 1.807) is 11.3 Å². The largest absolute Gasteiger partial charge is 0.299 e. The fraction of sp³-hybridized carbons (Fsp3) is 0.688. The van der Waals surface area contributed by atoms with Crippen LogP contribution < -0.4 is 0 Å². The number of Topliss-reactive ketones (excluding diaryl/α,β-unsaturated/α-hetero) is 1. The van der Waals surface area contributed by atoms with Crippen LogP contribution in [0, 0.1) is 17.8 Å². The van der Waals surface area contributed by atoms with Crippen LogP contribution in [-0.2, 0) is 11.2 Å². The van der Waals surface area contributed by atoms with E-state index in [4.69, 9.17) is 0 Å². The molecular weight excluding hydrogens is 240 g/mol. The van der Waals surface area contributed by atoms with E-state index in [0.29, 0.717) is 18.1 Å². The molecule has 1 nitrogen and oxygen atoms in total. The average molecular weight is 262 g/mol. The van der Waals surface area contributed by atoms with Gasteiger partial charge >= 0.3 is 0 Å². The molecule has 0 aromatic carbocycles. The van der Waals surface area contributed by atoms with E-state index in [-0.39, 0.29) is 0 Å². The van der Waals surface area contributed by atoms with Crippen LogP contribution in [-0.4, -0.2) is 5.78 Å². The van der Waals surface area contributed by atoms with Crippen LogP contribution in [0.1, 0.15) is 50.5 Å². The van der Waals surface area contributed by atoms with Gasteiger partial charge in [0.2, 0.25) is 0 Å². The SMILES string of the molecule is O=C(Cc1ccsc1)C1CCC2CCCCC2C1. The summed E-state index contributed by atoms with van der Waals surface area (Å²) in [5.74, 6) is 2.68. The summed E-state index contributed by atoms with van der Waals surface area (Å²) in [6.45, 7) is 0. The number of fused-ring (bicyclic) bond motifs is 1. The Kier molecular flexibility index (Phi) is 3.83. The molecule has 0 spiro atoms. The molecule has 18 heavy (non-hydrogen) atoms. The van der Waals surface area contributed by atoms with Gasteiger partial charge in [-0.05, 0) is 53.5 Å². The fourth-order valence-corrected chi connectivity index (χ4v) is 4.57. The summed E-state index contributed by atoms with van der Waals surface area (Å²) >= 11 is 1.69. The second-order valence-corrected chi connectivity index (χ2v) is 6.87. The highest BCUT2D eigenvalue weighted by Gasteiger charge is 2.34. The molecule has 98 valence electrons. The minimum absolute atomic E-state index is 0.365. The van der Waals surface area contributed by atoms with Gasteiger partial charge in [-0.15, -0.1) is 0 Å². The molecule has 0 amide bonds. The standard InChI is InChI=1S/C16H22OS/c17-16(9-12-7-8-18-11-12)15-6-5-13-3-1-2-4-14(13)10-15/h7-8,11,13-15H,1-6,9-10H2. The molecule has 0 bridgehead atoms. The lowest BCUT2D eigenvalue weighted by atomic mass is 9.66. The Morgan fingerprint density at radius 2 is 2.00 bits per heavy atom. The quantitative estimate of drug-likeness (QED) is 0.785. The van der Waals surface area contributed by atoms with Gasteiger partial charge in [0.25, 0.3) is 0 Å². The Bertz CT molecular complexity index is 395. The van der Waals surface area contributed by atoms with Crippen LogP contribution in [0.2, 0.25) is 0 Å². The average Bonchev–Trinajstić information content (AvgIpc) is 2.91. The molecule has 3 atom stereocenters. The Balaban J connectivity index is 1.58. The van der Waals surface area contributed by atoms with E-state index in [9.17, 15) is 4.79 Å². The second kappa shape index (κ2) is 5.56. The van der Waals surface area contributed by atoms with Crippen molar-refractivity contribution in [3.8, 4) is 0 Å². The maximum atomic E-state index is 12.3. The van der Waals surface area contributed by atoms with Crippen molar-refractivity contribution in [1.82, 2.24) is 0 Å². The molecule has 0 radical (unpaired) electrons. The lowest BCUT2D eigenvalue weighted by Gasteiger charge is -2.38. The van der Waals surface area contributed by atoms with Gasteiger partial charge in [-0.25, -0.2) is 0 Å². The van der Waals surface area contributed by atoms with Crippen LogP contribution in [0.5, 0.6) is 0 Å². The van der Waals surface area contributed by atoms with Crippen LogP contribution in [0.15, 0.2) is 16.8 Å². The maximum absolute atomic E-state index is 12.3. The first kappa shape index (κ1) is 12.4. The van der Waals surface area contributed by atoms with Gasteiger partial charge in [-0.2, -0.15) is 11.3 Å². The summed E-state index contributed by atoms with van der Waals surface area (Å²) in [6.07, 6.45) is 9.96. The lowest BCUT2D eigenvalue weighted by Crippen LogP contribution is -2.31. The van der Waals surface area contributed by atoms with Crippen LogP contribution >= 0.6 is 11.3 Å². The van der Waals surface area contributed by atoms with Crippen molar-refractivity contribution in [3.05, 3.63) is 22.4 Å². The summed E-state index contributed by atoms with van der Waals surface area (Å²) in [4.78, 5) is 12.3. The first-order chi connectivity index (χ1) is 8.83. The van der Waals surface area contributed by atoms with Crippen molar-refractivity contribution >= 4 is 17.1 Å².